The lowest BCUT2D eigenvalue weighted by Gasteiger charge is -2.20. The Morgan fingerprint density at radius 1 is 1.12 bits per heavy atom. The summed E-state index contributed by atoms with van der Waals surface area (Å²) in [5.74, 6) is -2.19. The highest BCUT2D eigenvalue weighted by Crippen LogP contribution is 2.31. The van der Waals surface area contributed by atoms with Crippen LogP contribution in [0.25, 0.3) is 10.9 Å². The van der Waals surface area contributed by atoms with E-state index in [9.17, 15) is 22.8 Å². The zero-order valence-electron chi connectivity index (χ0n) is 14.3. The minimum Gasteiger partial charge on any atom is -0.333 e. The summed E-state index contributed by atoms with van der Waals surface area (Å²) in [5.41, 5.74) is -0.398. The monoisotopic (exact) mass is 386 g/mol. The number of carbonyl (C=O) groups excluding carboxylic acids is 2. The van der Waals surface area contributed by atoms with E-state index in [0.29, 0.717) is 5.39 Å². The van der Waals surface area contributed by atoms with Crippen LogP contribution in [0.3, 0.4) is 0 Å². The van der Waals surface area contributed by atoms with Crippen molar-refractivity contribution < 1.29 is 22.8 Å². The van der Waals surface area contributed by atoms with Gasteiger partial charge in [0.1, 0.15) is 5.03 Å². The third-order valence-corrected chi connectivity index (χ3v) is 3.89. The lowest BCUT2D eigenvalue weighted by Crippen LogP contribution is -2.48. The Hall–Kier alpha value is -2.36. The van der Waals surface area contributed by atoms with Gasteiger partial charge in [-0.2, -0.15) is 13.2 Å². The van der Waals surface area contributed by atoms with Crippen LogP contribution in [-0.4, -0.2) is 33.2 Å². The van der Waals surface area contributed by atoms with Gasteiger partial charge in [-0.3, -0.25) is 10.1 Å². The summed E-state index contributed by atoms with van der Waals surface area (Å²) in [5, 5.41) is 5.10. The van der Waals surface area contributed by atoms with E-state index in [0.717, 1.165) is 11.8 Å². The number of carbonyl (C=O) groups is 2. The minimum absolute atomic E-state index is 0.0225. The van der Waals surface area contributed by atoms with Gasteiger partial charge in [-0.1, -0.05) is 30.0 Å². The van der Waals surface area contributed by atoms with Gasteiger partial charge in [0.25, 0.3) is 0 Å². The Balaban J connectivity index is 2.15. The summed E-state index contributed by atoms with van der Waals surface area (Å²) in [6.07, 6.45) is -4.70. The fourth-order valence-corrected chi connectivity index (χ4v) is 2.77. The smallest absolute Gasteiger partial charge is 0.333 e. The van der Waals surface area contributed by atoms with Crippen LogP contribution < -0.4 is 10.6 Å². The fourth-order valence-electron chi connectivity index (χ4n) is 1.95. The molecular formula is C16H17F3N4O2S. The maximum atomic E-state index is 13.0. The molecule has 0 spiro atoms. The Morgan fingerprint density at radius 2 is 1.77 bits per heavy atom. The van der Waals surface area contributed by atoms with Gasteiger partial charge in [0, 0.05) is 10.9 Å². The Kier molecular flexibility index (Phi) is 5.74. The average molecular weight is 386 g/mol. The number of rotatable bonds is 3. The first-order valence-corrected chi connectivity index (χ1v) is 8.53. The molecule has 0 aliphatic carbocycles. The van der Waals surface area contributed by atoms with Crippen LogP contribution >= 0.6 is 11.8 Å². The molecule has 10 heteroatoms. The predicted molar refractivity (Wildman–Crippen MR) is 91.7 cm³/mol. The first-order chi connectivity index (χ1) is 12.0. The second kappa shape index (κ2) is 7.48. The van der Waals surface area contributed by atoms with Crippen molar-refractivity contribution in [3.05, 3.63) is 30.1 Å². The summed E-state index contributed by atoms with van der Waals surface area (Å²) >= 11 is 0.805. The van der Waals surface area contributed by atoms with Crippen LogP contribution in [0.15, 0.2) is 29.3 Å². The van der Waals surface area contributed by atoms with Crippen LogP contribution in [0, 0.1) is 0 Å². The van der Waals surface area contributed by atoms with Crippen LogP contribution in [0.4, 0.5) is 18.0 Å². The number of hydrogen-bond acceptors (Lipinski definition) is 5. The van der Waals surface area contributed by atoms with Gasteiger partial charge in [0.05, 0.1) is 11.3 Å². The number of nitrogens with one attached hydrogen (secondary N) is 2. The van der Waals surface area contributed by atoms with Gasteiger partial charge in [0.2, 0.25) is 11.7 Å². The van der Waals surface area contributed by atoms with Crippen LogP contribution in [0.5, 0.6) is 0 Å². The molecule has 6 nitrogen and oxygen atoms in total. The zero-order chi connectivity index (χ0) is 19.5. The number of alkyl halides is 3. The second-order valence-electron chi connectivity index (χ2n) is 6.41. The molecule has 0 fully saturated rings. The normalized spacial score (nSPS) is 12.1. The topological polar surface area (TPSA) is 84.0 Å². The van der Waals surface area contributed by atoms with Gasteiger partial charge < -0.3 is 5.32 Å². The van der Waals surface area contributed by atoms with E-state index in [-0.39, 0.29) is 16.3 Å². The van der Waals surface area contributed by atoms with Crippen molar-refractivity contribution in [2.45, 2.75) is 37.5 Å². The Morgan fingerprint density at radius 3 is 2.38 bits per heavy atom. The van der Waals surface area contributed by atoms with Crippen molar-refractivity contribution in [2.24, 2.45) is 0 Å². The van der Waals surface area contributed by atoms with Crippen molar-refractivity contribution in [2.75, 3.05) is 5.75 Å². The third kappa shape index (κ3) is 5.58. The van der Waals surface area contributed by atoms with Crippen molar-refractivity contribution in [1.82, 2.24) is 20.6 Å². The highest BCUT2D eigenvalue weighted by Gasteiger charge is 2.35. The number of nitrogens with zero attached hydrogens (tertiary/aromatic N) is 2. The molecule has 1 heterocycles. The maximum absolute atomic E-state index is 13.0. The Labute approximate surface area is 152 Å². The lowest BCUT2D eigenvalue weighted by molar-refractivity contribution is -0.145. The average Bonchev–Trinajstić information content (AvgIpc) is 2.49. The molecule has 1 aromatic heterocycles. The fraction of sp³-hybridized carbons (Fsp3) is 0.375. The molecule has 0 unspecified atom stereocenters. The second-order valence-corrected chi connectivity index (χ2v) is 7.37. The molecule has 0 radical (unpaired) electrons. The van der Waals surface area contributed by atoms with E-state index >= 15 is 0 Å². The lowest BCUT2D eigenvalue weighted by atomic mass is 10.1. The molecule has 1 aromatic carbocycles. The standard InChI is InChI=1S/C16H17F3N4O2S/c1-15(2,3)23-14(25)21-11(24)8-26-12-9-6-4-5-7-10(9)20-13(22-12)16(17,18)19/h4-7H,8H2,1-3H3,(H2,21,23,24,25). The molecule has 0 aliphatic heterocycles. The number of benzene rings is 1. The van der Waals surface area contributed by atoms with E-state index in [2.05, 4.69) is 20.6 Å². The summed E-state index contributed by atoms with van der Waals surface area (Å²) in [6.45, 7) is 5.24. The number of thioether (sulfide) groups is 1. The van der Waals surface area contributed by atoms with Crippen molar-refractivity contribution in [3.63, 3.8) is 0 Å². The first-order valence-electron chi connectivity index (χ1n) is 7.54. The maximum Gasteiger partial charge on any atom is 0.451 e. The van der Waals surface area contributed by atoms with E-state index in [4.69, 9.17) is 0 Å². The predicted octanol–water partition coefficient (Wildman–Crippen LogP) is 3.37. The van der Waals surface area contributed by atoms with Gasteiger partial charge >= 0.3 is 12.2 Å². The molecule has 140 valence electrons. The molecule has 0 bridgehead atoms. The zero-order valence-corrected chi connectivity index (χ0v) is 15.1. The summed E-state index contributed by atoms with van der Waals surface area (Å²) in [4.78, 5) is 30.6. The molecule has 2 N–H and O–H groups in total. The number of halogens is 3. The number of imide groups is 1. The van der Waals surface area contributed by atoms with E-state index in [1.165, 1.54) is 6.07 Å². The van der Waals surface area contributed by atoms with Gasteiger partial charge in [-0.25, -0.2) is 14.8 Å². The van der Waals surface area contributed by atoms with E-state index < -0.39 is 29.5 Å². The summed E-state index contributed by atoms with van der Waals surface area (Å²) in [6, 6.07) is 5.54. The number of fused-ring (bicyclic) bond motifs is 1. The molecular weight excluding hydrogens is 369 g/mol. The van der Waals surface area contributed by atoms with Gasteiger partial charge in [0.15, 0.2) is 0 Å². The third-order valence-electron chi connectivity index (χ3n) is 2.90. The van der Waals surface area contributed by atoms with Crippen LogP contribution in [0.1, 0.15) is 26.6 Å². The van der Waals surface area contributed by atoms with E-state index in [1.807, 2.05) is 0 Å². The van der Waals surface area contributed by atoms with E-state index in [1.54, 1.807) is 39.0 Å². The molecule has 2 rings (SSSR count). The largest absolute Gasteiger partial charge is 0.451 e. The summed E-state index contributed by atoms with van der Waals surface area (Å²) < 4.78 is 38.9. The van der Waals surface area contributed by atoms with Crippen LogP contribution in [0.2, 0.25) is 0 Å². The summed E-state index contributed by atoms with van der Waals surface area (Å²) in [7, 11) is 0. The Bertz CT molecular complexity index is 834. The highest BCUT2D eigenvalue weighted by atomic mass is 32.2. The quantitative estimate of drug-likeness (QED) is 0.624. The molecule has 0 aliphatic rings. The first kappa shape index (κ1) is 20.0. The highest BCUT2D eigenvalue weighted by molar-refractivity contribution is 8.00. The number of urea groups is 1. The van der Waals surface area contributed by atoms with Gasteiger partial charge in [-0.15, -0.1) is 0 Å². The van der Waals surface area contributed by atoms with Crippen LogP contribution in [-0.2, 0) is 11.0 Å². The molecule has 3 amide bonds. The molecule has 26 heavy (non-hydrogen) atoms. The number of amides is 3. The van der Waals surface area contributed by atoms with Crippen molar-refractivity contribution in [1.29, 1.82) is 0 Å². The molecule has 0 saturated carbocycles. The SMILES string of the molecule is CC(C)(C)NC(=O)NC(=O)CSc1nc(C(F)(F)F)nc2ccccc12. The molecule has 0 saturated heterocycles. The van der Waals surface area contributed by atoms with Gasteiger partial charge in [-0.05, 0) is 26.8 Å². The molecule has 0 atom stereocenters. The van der Waals surface area contributed by atoms with Crippen molar-refractivity contribution in [3.8, 4) is 0 Å². The molecule has 2 aromatic rings. The number of para-hydroxylation sites is 1. The number of hydrogen-bond donors (Lipinski definition) is 2. The number of aromatic nitrogens is 2. The minimum atomic E-state index is -4.70. The van der Waals surface area contributed by atoms with Crippen molar-refractivity contribution >= 4 is 34.6 Å².